The third-order valence-electron chi connectivity index (χ3n) is 2.28. The van der Waals surface area contributed by atoms with E-state index in [9.17, 15) is 13.4 Å². The number of amides is 1. The van der Waals surface area contributed by atoms with Gasteiger partial charge in [-0.3, -0.25) is 9.00 Å². The Balaban J connectivity index is 1.91. The third kappa shape index (κ3) is 3.13. The highest BCUT2D eigenvalue weighted by molar-refractivity contribution is 7.85. The Hall–Kier alpha value is -1.23. The van der Waals surface area contributed by atoms with Crippen LogP contribution in [0.1, 0.15) is 12.8 Å². The van der Waals surface area contributed by atoms with Crippen LogP contribution in [0.5, 0.6) is 0 Å². The normalized spacial score (nSPS) is 16.8. The van der Waals surface area contributed by atoms with Crippen LogP contribution in [-0.2, 0) is 15.6 Å². The van der Waals surface area contributed by atoms with Gasteiger partial charge < -0.3 is 5.32 Å². The number of carbonyl (C=O) groups excluding carboxylic acids is 1. The van der Waals surface area contributed by atoms with E-state index in [1.54, 1.807) is 0 Å². The first-order valence-corrected chi connectivity index (χ1v) is 6.40. The number of benzene rings is 1. The van der Waals surface area contributed by atoms with Crippen LogP contribution in [0.4, 0.5) is 4.39 Å². The van der Waals surface area contributed by atoms with Crippen LogP contribution >= 0.6 is 0 Å². The molecule has 1 fully saturated rings. The predicted molar refractivity (Wildman–Crippen MR) is 58.8 cm³/mol. The van der Waals surface area contributed by atoms with Crippen LogP contribution < -0.4 is 5.32 Å². The van der Waals surface area contributed by atoms with Gasteiger partial charge in [0.05, 0.1) is 10.8 Å². The maximum absolute atomic E-state index is 12.6. The van der Waals surface area contributed by atoms with Crippen LogP contribution in [0, 0.1) is 5.82 Å². The highest BCUT2D eigenvalue weighted by Crippen LogP contribution is 2.18. The first-order chi connectivity index (χ1) is 7.65. The van der Waals surface area contributed by atoms with Crippen molar-refractivity contribution >= 4 is 16.7 Å². The van der Waals surface area contributed by atoms with Gasteiger partial charge in [-0.15, -0.1) is 0 Å². The van der Waals surface area contributed by atoms with Crippen LogP contribution in [0.25, 0.3) is 0 Å². The summed E-state index contributed by atoms with van der Waals surface area (Å²) in [6.45, 7) is 0. The zero-order valence-corrected chi connectivity index (χ0v) is 9.43. The summed E-state index contributed by atoms with van der Waals surface area (Å²) in [4.78, 5) is 11.8. The minimum Gasteiger partial charge on any atom is -0.353 e. The fraction of sp³-hybridized carbons (Fsp3) is 0.364. The second kappa shape index (κ2) is 4.74. The van der Waals surface area contributed by atoms with Crippen molar-refractivity contribution in [3.05, 3.63) is 30.1 Å². The molecule has 16 heavy (non-hydrogen) atoms. The predicted octanol–water partition coefficient (Wildman–Crippen LogP) is 1.21. The summed E-state index contributed by atoms with van der Waals surface area (Å²) in [5.41, 5.74) is 0. The molecule has 86 valence electrons. The summed E-state index contributed by atoms with van der Waals surface area (Å²) in [6.07, 6.45) is 2.02. The van der Waals surface area contributed by atoms with Gasteiger partial charge in [0.25, 0.3) is 0 Å². The highest BCUT2D eigenvalue weighted by atomic mass is 32.2. The van der Waals surface area contributed by atoms with E-state index in [2.05, 4.69) is 5.32 Å². The standard InChI is InChI=1S/C11H12FNO2S/c12-8-1-5-10(6-2-8)16(15)7-11(14)13-9-3-4-9/h1-2,5-6,9H,3-4,7H2,(H,13,14). The van der Waals surface area contributed by atoms with Gasteiger partial charge in [0.15, 0.2) is 0 Å². The van der Waals surface area contributed by atoms with Crippen molar-refractivity contribution in [1.29, 1.82) is 0 Å². The van der Waals surface area contributed by atoms with Gasteiger partial charge in [0, 0.05) is 10.9 Å². The molecule has 1 unspecified atom stereocenters. The average Bonchev–Trinajstić information content (AvgIpc) is 3.02. The van der Waals surface area contributed by atoms with Crippen LogP contribution in [-0.4, -0.2) is 21.9 Å². The molecule has 1 amide bonds. The largest absolute Gasteiger partial charge is 0.353 e. The summed E-state index contributed by atoms with van der Waals surface area (Å²) in [5.74, 6) is -0.629. The van der Waals surface area contributed by atoms with Crippen molar-refractivity contribution in [2.45, 2.75) is 23.8 Å². The van der Waals surface area contributed by atoms with Crippen molar-refractivity contribution < 1.29 is 13.4 Å². The maximum atomic E-state index is 12.6. The Morgan fingerprint density at radius 2 is 2.00 bits per heavy atom. The Bertz CT molecular complexity index is 414. The molecule has 0 aliphatic heterocycles. The number of carbonyl (C=O) groups is 1. The lowest BCUT2D eigenvalue weighted by atomic mass is 10.4. The molecule has 0 bridgehead atoms. The first kappa shape index (κ1) is 11.3. The van der Waals surface area contributed by atoms with Crippen molar-refractivity contribution in [3.63, 3.8) is 0 Å². The number of rotatable bonds is 4. The molecule has 1 atom stereocenters. The lowest BCUT2D eigenvalue weighted by Gasteiger charge is -2.03. The average molecular weight is 241 g/mol. The van der Waals surface area contributed by atoms with Crippen molar-refractivity contribution in [3.8, 4) is 0 Å². The molecule has 3 nitrogen and oxygen atoms in total. The Kier molecular flexibility index (Phi) is 3.33. The van der Waals surface area contributed by atoms with E-state index in [0.29, 0.717) is 4.90 Å². The number of nitrogens with one attached hydrogen (secondary N) is 1. The van der Waals surface area contributed by atoms with Gasteiger partial charge >= 0.3 is 0 Å². The monoisotopic (exact) mass is 241 g/mol. The second-order valence-corrected chi connectivity index (χ2v) is 5.24. The molecule has 1 aromatic rings. The molecule has 1 aromatic carbocycles. The van der Waals surface area contributed by atoms with Crippen LogP contribution in [0.2, 0.25) is 0 Å². The Morgan fingerprint density at radius 3 is 2.56 bits per heavy atom. The molecule has 1 aliphatic carbocycles. The molecule has 0 heterocycles. The van der Waals surface area contributed by atoms with Crippen LogP contribution in [0.3, 0.4) is 0 Å². The third-order valence-corrected chi connectivity index (χ3v) is 3.60. The quantitative estimate of drug-likeness (QED) is 0.861. The molecular weight excluding hydrogens is 229 g/mol. The van der Waals surface area contributed by atoms with Crippen molar-refractivity contribution in [1.82, 2.24) is 5.32 Å². The summed E-state index contributed by atoms with van der Waals surface area (Å²) in [6, 6.07) is 5.64. The summed E-state index contributed by atoms with van der Waals surface area (Å²) < 4.78 is 24.3. The Labute approximate surface area is 95.5 Å². The van der Waals surface area contributed by atoms with Gasteiger partial charge in [-0.1, -0.05) is 0 Å². The van der Waals surface area contributed by atoms with E-state index in [1.165, 1.54) is 24.3 Å². The zero-order chi connectivity index (χ0) is 11.5. The lowest BCUT2D eigenvalue weighted by molar-refractivity contribution is -0.118. The number of halogens is 1. The molecule has 0 radical (unpaired) electrons. The zero-order valence-electron chi connectivity index (χ0n) is 8.61. The smallest absolute Gasteiger partial charge is 0.233 e. The fourth-order valence-electron chi connectivity index (χ4n) is 1.29. The van der Waals surface area contributed by atoms with Crippen molar-refractivity contribution in [2.24, 2.45) is 0 Å². The van der Waals surface area contributed by atoms with E-state index < -0.39 is 10.8 Å². The summed E-state index contributed by atoms with van der Waals surface area (Å²) >= 11 is 0. The van der Waals surface area contributed by atoms with Gasteiger partial charge in [-0.25, -0.2) is 4.39 Å². The molecule has 0 aromatic heterocycles. The van der Waals surface area contributed by atoms with E-state index in [4.69, 9.17) is 0 Å². The van der Waals surface area contributed by atoms with E-state index in [-0.39, 0.29) is 23.5 Å². The van der Waals surface area contributed by atoms with Gasteiger partial charge in [-0.05, 0) is 37.1 Å². The minimum atomic E-state index is -1.39. The molecule has 1 saturated carbocycles. The number of hydrogen-bond acceptors (Lipinski definition) is 2. The van der Waals surface area contributed by atoms with Gasteiger partial charge in [0.1, 0.15) is 11.6 Å². The van der Waals surface area contributed by atoms with E-state index in [0.717, 1.165) is 12.8 Å². The van der Waals surface area contributed by atoms with E-state index in [1.807, 2.05) is 0 Å². The molecule has 2 rings (SSSR count). The van der Waals surface area contributed by atoms with E-state index >= 15 is 0 Å². The highest BCUT2D eigenvalue weighted by Gasteiger charge is 2.24. The maximum Gasteiger partial charge on any atom is 0.233 e. The van der Waals surface area contributed by atoms with Crippen molar-refractivity contribution in [2.75, 3.05) is 5.75 Å². The fourth-order valence-corrected chi connectivity index (χ4v) is 2.21. The minimum absolute atomic E-state index is 0.0534. The first-order valence-electron chi connectivity index (χ1n) is 5.08. The molecule has 5 heteroatoms. The molecule has 1 N–H and O–H groups in total. The lowest BCUT2D eigenvalue weighted by Crippen LogP contribution is -2.29. The summed E-state index contributed by atoms with van der Waals surface area (Å²) in [7, 11) is -1.39. The Morgan fingerprint density at radius 1 is 1.38 bits per heavy atom. The molecule has 0 saturated heterocycles. The second-order valence-electron chi connectivity index (χ2n) is 3.79. The van der Waals surface area contributed by atoms with Crippen LogP contribution in [0.15, 0.2) is 29.2 Å². The SMILES string of the molecule is O=C(CS(=O)c1ccc(F)cc1)NC1CC1. The van der Waals surface area contributed by atoms with Gasteiger partial charge in [-0.2, -0.15) is 0 Å². The number of hydrogen-bond donors (Lipinski definition) is 1. The molecular formula is C11H12FNO2S. The topological polar surface area (TPSA) is 46.2 Å². The molecule has 1 aliphatic rings. The molecule has 0 spiro atoms. The van der Waals surface area contributed by atoms with Gasteiger partial charge in [0.2, 0.25) is 5.91 Å². The summed E-state index contributed by atoms with van der Waals surface area (Å²) in [5, 5.41) is 2.76.